The predicted octanol–water partition coefficient (Wildman–Crippen LogP) is 3.20. The molecule has 2 aromatic carbocycles. The maximum atomic E-state index is 13.0. The van der Waals surface area contributed by atoms with Gasteiger partial charge in [-0.2, -0.15) is 0 Å². The lowest BCUT2D eigenvalue weighted by Gasteiger charge is -2.20. The number of rotatable bonds is 5. The van der Waals surface area contributed by atoms with Crippen molar-refractivity contribution in [3.63, 3.8) is 0 Å². The standard InChI is InChI=1S/C17H16ClFN2O3S/c1-21(13-6-2-11(19)3-7-13)25(23,24)14-8-9-16(18)15(10-14)17(22)20-12-4-5-12/h2-3,6-10,12H,4-5H2,1H3,(H,20,22). The van der Waals surface area contributed by atoms with E-state index in [1.54, 1.807) is 0 Å². The molecular weight excluding hydrogens is 367 g/mol. The van der Waals surface area contributed by atoms with Crippen molar-refractivity contribution < 1.29 is 17.6 Å². The quantitative estimate of drug-likeness (QED) is 0.863. The zero-order chi connectivity index (χ0) is 18.2. The molecule has 0 bridgehead atoms. The minimum absolute atomic E-state index is 0.0651. The fourth-order valence-corrected chi connectivity index (χ4v) is 3.70. The van der Waals surface area contributed by atoms with Crippen molar-refractivity contribution in [2.45, 2.75) is 23.8 Å². The van der Waals surface area contributed by atoms with Crippen LogP contribution >= 0.6 is 11.6 Å². The summed E-state index contributed by atoms with van der Waals surface area (Å²) in [5.41, 5.74) is 0.419. The van der Waals surface area contributed by atoms with Gasteiger partial charge in [0.25, 0.3) is 15.9 Å². The second kappa shape index (κ2) is 6.65. The molecular formula is C17H16ClFN2O3S. The Hall–Kier alpha value is -2.12. The van der Waals surface area contributed by atoms with Crippen LogP contribution in [-0.4, -0.2) is 27.4 Å². The summed E-state index contributed by atoms with van der Waals surface area (Å²) in [6.07, 6.45) is 1.82. The number of hydrogen-bond acceptors (Lipinski definition) is 3. The first kappa shape index (κ1) is 17.7. The number of sulfonamides is 1. The van der Waals surface area contributed by atoms with Gasteiger partial charge < -0.3 is 5.32 Å². The van der Waals surface area contributed by atoms with Gasteiger partial charge in [-0.1, -0.05) is 11.6 Å². The van der Waals surface area contributed by atoms with Gasteiger partial charge in [0.15, 0.2) is 0 Å². The van der Waals surface area contributed by atoms with Crippen molar-refractivity contribution >= 4 is 33.2 Å². The first-order chi connectivity index (χ1) is 11.8. The number of carbonyl (C=O) groups excluding carboxylic acids is 1. The van der Waals surface area contributed by atoms with E-state index >= 15 is 0 Å². The average molecular weight is 383 g/mol. The molecule has 1 aliphatic rings. The van der Waals surface area contributed by atoms with Gasteiger partial charge in [0.05, 0.1) is 21.2 Å². The molecule has 0 unspecified atom stereocenters. The van der Waals surface area contributed by atoms with Crippen LogP contribution in [0.25, 0.3) is 0 Å². The molecule has 2 aromatic rings. The normalized spacial score (nSPS) is 14.2. The molecule has 1 N–H and O–H groups in total. The van der Waals surface area contributed by atoms with Gasteiger partial charge in [-0.25, -0.2) is 12.8 Å². The molecule has 5 nitrogen and oxygen atoms in total. The van der Waals surface area contributed by atoms with Crippen LogP contribution in [0, 0.1) is 5.82 Å². The van der Waals surface area contributed by atoms with Crippen LogP contribution in [0.15, 0.2) is 47.4 Å². The van der Waals surface area contributed by atoms with Gasteiger partial charge in [0, 0.05) is 13.1 Å². The number of benzene rings is 2. The molecule has 0 atom stereocenters. The van der Waals surface area contributed by atoms with E-state index in [1.165, 1.54) is 49.5 Å². The van der Waals surface area contributed by atoms with Crippen LogP contribution in [-0.2, 0) is 10.0 Å². The monoisotopic (exact) mass is 382 g/mol. The van der Waals surface area contributed by atoms with Crippen LogP contribution in [0.4, 0.5) is 10.1 Å². The lowest BCUT2D eigenvalue weighted by atomic mass is 10.2. The maximum Gasteiger partial charge on any atom is 0.264 e. The Morgan fingerprint density at radius 2 is 1.84 bits per heavy atom. The van der Waals surface area contributed by atoms with Crippen LogP contribution in [0.5, 0.6) is 0 Å². The zero-order valence-corrected chi connectivity index (χ0v) is 14.9. The molecule has 1 fully saturated rings. The van der Waals surface area contributed by atoms with E-state index in [4.69, 9.17) is 11.6 Å². The van der Waals surface area contributed by atoms with Gasteiger partial charge in [-0.3, -0.25) is 9.10 Å². The molecule has 0 spiro atoms. The minimum atomic E-state index is -3.92. The molecule has 0 aliphatic heterocycles. The maximum absolute atomic E-state index is 13.0. The van der Waals surface area contributed by atoms with Crippen molar-refractivity contribution in [1.82, 2.24) is 5.32 Å². The molecule has 132 valence electrons. The third-order valence-corrected chi connectivity index (χ3v) is 6.05. The number of amides is 1. The zero-order valence-electron chi connectivity index (χ0n) is 13.4. The third-order valence-electron chi connectivity index (χ3n) is 3.94. The lowest BCUT2D eigenvalue weighted by molar-refractivity contribution is 0.0951. The highest BCUT2D eigenvalue weighted by Gasteiger charge is 2.27. The Morgan fingerprint density at radius 3 is 2.44 bits per heavy atom. The van der Waals surface area contributed by atoms with Crippen molar-refractivity contribution in [3.8, 4) is 0 Å². The number of carbonyl (C=O) groups is 1. The van der Waals surface area contributed by atoms with E-state index in [0.717, 1.165) is 17.1 Å². The molecule has 8 heteroatoms. The predicted molar refractivity (Wildman–Crippen MR) is 93.9 cm³/mol. The highest BCUT2D eigenvalue weighted by Crippen LogP contribution is 2.27. The summed E-state index contributed by atoms with van der Waals surface area (Å²) in [6.45, 7) is 0. The number of anilines is 1. The second-order valence-electron chi connectivity index (χ2n) is 5.84. The summed E-state index contributed by atoms with van der Waals surface area (Å²) >= 11 is 6.05. The summed E-state index contributed by atoms with van der Waals surface area (Å²) in [7, 11) is -2.56. The second-order valence-corrected chi connectivity index (χ2v) is 8.21. The van der Waals surface area contributed by atoms with Gasteiger partial charge in [-0.05, 0) is 55.3 Å². The molecule has 25 heavy (non-hydrogen) atoms. The topological polar surface area (TPSA) is 66.5 Å². The van der Waals surface area contributed by atoms with Crippen molar-refractivity contribution in [1.29, 1.82) is 0 Å². The van der Waals surface area contributed by atoms with Crippen molar-refractivity contribution in [3.05, 3.63) is 58.9 Å². The average Bonchev–Trinajstić information content (AvgIpc) is 3.39. The van der Waals surface area contributed by atoms with Crippen LogP contribution in [0.3, 0.4) is 0 Å². The highest BCUT2D eigenvalue weighted by atomic mass is 35.5. The molecule has 3 rings (SSSR count). The van der Waals surface area contributed by atoms with Gasteiger partial charge in [-0.15, -0.1) is 0 Å². The van der Waals surface area contributed by atoms with E-state index in [0.29, 0.717) is 5.69 Å². The fourth-order valence-electron chi connectivity index (χ4n) is 2.28. The van der Waals surface area contributed by atoms with E-state index in [1.807, 2.05) is 0 Å². The molecule has 1 aliphatic carbocycles. The van der Waals surface area contributed by atoms with Gasteiger partial charge in [0.1, 0.15) is 5.82 Å². The molecule has 0 saturated heterocycles. The van der Waals surface area contributed by atoms with Gasteiger partial charge in [0.2, 0.25) is 0 Å². The minimum Gasteiger partial charge on any atom is -0.349 e. The Labute approximate surface area is 150 Å². The summed E-state index contributed by atoms with van der Waals surface area (Å²) in [6, 6.07) is 9.20. The van der Waals surface area contributed by atoms with E-state index < -0.39 is 21.7 Å². The Bertz CT molecular complexity index is 912. The van der Waals surface area contributed by atoms with E-state index in [-0.39, 0.29) is 21.5 Å². The molecule has 0 aromatic heterocycles. The summed E-state index contributed by atoms with van der Waals surface area (Å²) in [4.78, 5) is 12.2. The van der Waals surface area contributed by atoms with Crippen LogP contribution in [0.1, 0.15) is 23.2 Å². The summed E-state index contributed by atoms with van der Waals surface area (Å²) in [5, 5.41) is 2.97. The smallest absolute Gasteiger partial charge is 0.264 e. The number of nitrogens with zero attached hydrogens (tertiary/aromatic N) is 1. The van der Waals surface area contributed by atoms with E-state index in [2.05, 4.69) is 5.32 Å². The highest BCUT2D eigenvalue weighted by molar-refractivity contribution is 7.92. The third kappa shape index (κ3) is 3.77. The first-order valence-electron chi connectivity index (χ1n) is 7.64. The van der Waals surface area contributed by atoms with Crippen LogP contribution < -0.4 is 9.62 Å². The lowest BCUT2D eigenvalue weighted by Crippen LogP contribution is -2.28. The number of halogens is 2. The number of hydrogen-bond donors (Lipinski definition) is 1. The Morgan fingerprint density at radius 1 is 1.20 bits per heavy atom. The number of nitrogens with one attached hydrogen (secondary N) is 1. The van der Waals surface area contributed by atoms with Crippen molar-refractivity contribution in [2.75, 3.05) is 11.4 Å². The van der Waals surface area contributed by atoms with Gasteiger partial charge >= 0.3 is 0 Å². The molecule has 1 amide bonds. The van der Waals surface area contributed by atoms with Crippen LogP contribution in [0.2, 0.25) is 5.02 Å². The SMILES string of the molecule is CN(c1ccc(F)cc1)S(=O)(=O)c1ccc(Cl)c(C(=O)NC2CC2)c1. The molecule has 1 saturated carbocycles. The summed E-state index contributed by atoms with van der Waals surface area (Å²) in [5.74, 6) is -0.853. The molecule has 0 radical (unpaired) electrons. The largest absolute Gasteiger partial charge is 0.349 e. The molecule has 0 heterocycles. The fraction of sp³-hybridized carbons (Fsp3) is 0.235. The van der Waals surface area contributed by atoms with Crippen molar-refractivity contribution in [2.24, 2.45) is 0 Å². The first-order valence-corrected chi connectivity index (χ1v) is 9.46. The Balaban J connectivity index is 1.93. The van der Waals surface area contributed by atoms with E-state index in [9.17, 15) is 17.6 Å². The Kier molecular flexibility index (Phi) is 4.71. The summed E-state index contributed by atoms with van der Waals surface area (Å²) < 4.78 is 39.7.